The minimum atomic E-state index is -1.07. The number of nitrogens with two attached hydrogens (primary N) is 1. The van der Waals surface area contributed by atoms with Gasteiger partial charge in [-0.15, -0.1) is 0 Å². The molecule has 4 amide bonds. The van der Waals surface area contributed by atoms with Gasteiger partial charge in [0.2, 0.25) is 23.6 Å². The maximum atomic E-state index is 12.8. The Hall–Kier alpha value is -2.49. The summed E-state index contributed by atoms with van der Waals surface area (Å²) >= 11 is 0. The Morgan fingerprint density at radius 1 is 0.829 bits per heavy atom. The van der Waals surface area contributed by atoms with Crippen molar-refractivity contribution in [1.82, 2.24) is 16.0 Å². The molecule has 0 aliphatic heterocycles. The number of hydrogen-bond acceptors (Lipinski definition) is 6. The molecule has 35 heavy (non-hydrogen) atoms. The van der Waals surface area contributed by atoms with Gasteiger partial charge in [0.1, 0.15) is 12.1 Å². The number of carbonyl (C=O) groups excluding carboxylic acids is 5. The van der Waals surface area contributed by atoms with E-state index in [9.17, 15) is 24.0 Å². The predicted octanol–water partition coefficient (Wildman–Crippen LogP) is 1.59. The van der Waals surface area contributed by atoms with Crippen LogP contribution in [-0.4, -0.2) is 59.7 Å². The number of Topliss-reactive ketones (excluding diaryl/α,β-unsaturated/α-hetero) is 1. The maximum absolute atomic E-state index is 12.8. The van der Waals surface area contributed by atoms with Crippen molar-refractivity contribution in [1.29, 1.82) is 0 Å². The van der Waals surface area contributed by atoms with Crippen molar-refractivity contribution in [2.75, 3.05) is 6.61 Å². The average molecular weight is 499 g/mol. The summed E-state index contributed by atoms with van der Waals surface area (Å²) in [6.07, 6.45) is 2.06. The summed E-state index contributed by atoms with van der Waals surface area (Å²) in [7, 11) is 0. The van der Waals surface area contributed by atoms with Crippen molar-refractivity contribution >= 4 is 29.4 Å². The van der Waals surface area contributed by atoms with Crippen molar-refractivity contribution in [3.63, 3.8) is 0 Å². The van der Waals surface area contributed by atoms with Crippen LogP contribution in [0.25, 0.3) is 0 Å². The number of ether oxygens (including phenoxy) is 1. The van der Waals surface area contributed by atoms with Crippen LogP contribution in [0.4, 0.5) is 0 Å². The van der Waals surface area contributed by atoms with Gasteiger partial charge in [-0.1, -0.05) is 41.0 Å². The Kier molecular flexibility index (Phi) is 13.2. The topological polar surface area (TPSA) is 157 Å². The fourth-order valence-electron chi connectivity index (χ4n) is 3.35. The highest BCUT2D eigenvalue weighted by Crippen LogP contribution is 2.24. The lowest BCUT2D eigenvalue weighted by Crippen LogP contribution is -2.55. The molecule has 0 radical (unpaired) electrons. The molecule has 0 heterocycles. The summed E-state index contributed by atoms with van der Waals surface area (Å²) in [4.78, 5) is 61.4. The molecule has 1 unspecified atom stereocenters. The lowest BCUT2D eigenvalue weighted by molar-refractivity contribution is -0.136. The van der Waals surface area contributed by atoms with Gasteiger partial charge in [0.15, 0.2) is 5.78 Å². The SMILES string of the molecule is CCCC(C)(C)OCCC(C)(C)C(=O)N[C@@H](C)C(=O)N[C@@H](C)C(=O)NC(CC(N)=O)C(=O)C(C)C. The first kappa shape index (κ1) is 32.5. The molecule has 0 saturated heterocycles. The molecule has 5 N–H and O–H groups in total. The number of hydrogen-bond donors (Lipinski definition) is 4. The van der Waals surface area contributed by atoms with Crippen LogP contribution in [0, 0.1) is 11.3 Å². The van der Waals surface area contributed by atoms with Crippen LogP contribution in [0.2, 0.25) is 0 Å². The second-order valence-corrected chi connectivity index (χ2v) is 10.7. The van der Waals surface area contributed by atoms with E-state index in [1.54, 1.807) is 27.7 Å². The third kappa shape index (κ3) is 12.2. The molecule has 0 aliphatic carbocycles. The zero-order valence-corrected chi connectivity index (χ0v) is 22.9. The molecule has 0 aliphatic rings. The number of primary amides is 1. The van der Waals surface area contributed by atoms with Crippen molar-refractivity contribution in [2.45, 2.75) is 112 Å². The molecule has 0 aromatic rings. The molecular weight excluding hydrogens is 452 g/mol. The number of ketones is 1. The minimum absolute atomic E-state index is 0.262. The Balaban J connectivity index is 4.88. The standard InChI is InChI=1S/C25H46N4O6/c1-10-11-25(8,9)35-13-12-24(6,7)23(34)28-17(5)21(32)27-16(4)22(33)29-18(14-19(26)30)20(31)15(2)3/h15-18H,10-14H2,1-9H3,(H2,26,30)(H,27,32)(H,28,34)(H,29,33)/t16-,17-,18?/m0/s1. The van der Waals surface area contributed by atoms with Crippen LogP contribution < -0.4 is 21.7 Å². The lowest BCUT2D eigenvalue weighted by atomic mass is 9.88. The molecule has 0 spiro atoms. The molecular formula is C25H46N4O6. The van der Waals surface area contributed by atoms with Gasteiger partial charge in [0.05, 0.1) is 18.1 Å². The number of rotatable bonds is 16. The van der Waals surface area contributed by atoms with Crippen LogP contribution in [0.1, 0.15) is 88.0 Å². The first-order valence-electron chi connectivity index (χ1n) is 12.3. The number of nitrogens with one attached hydrogen (secondary N) is 3. The highest BCUT2D eigenvalue weighted by molar-refractivity contribution is 5.96. The summed E-state index contributed by atoms with van der Waals surface area (Å²) in [5, 5.41) is 7.68. The van der Waals surface area contributed by atoms with E-state index >= 15 is 0 Å². The number of amides is 4. The van der Waals surface area contributed by atoms with E-state index < -0.39 is 47.2 Å². The van der Waals surface area contributed by atoms with Gasteiger partial charge in [0.25, 0.3) is 0 Å². The van der Waals surface area contributed by atoms with Crippen LogP contribution in [-0.2, 0) is 28.7 Å². The molecule has 202 valence electrons. The zero-order valence-electron chi connectivity index (χ0n) is 22.9. The van der Waals surface area contributed by atoms with Gasteiger partial charge >= 0.3 is 0 Å². The molecule has 0 aromatic carbocycles. The van der Waals surface area contributed by atoms with Gasteiger partial charge in [-0.05, 0) is 40.5 Å². The van der Waals surface area contributed by atoms with Gasteiger partial charge in [-0.25, -0.2) is 0 Å². The van der Waals surface area contributed by atoms with Crippen LogP contribution in [0.3, 0.4) is 0 Å². The molecule has 0 aromatic heterocycles. The molecule has 0 fully saturated rings. The van der Waals surface area contributed by atoms with E-state index in [1.165, 1.54) is 13.8 Å². The summed E-state index contributed by atoms with van der Waals surface area (Å²) < 4.78 is 5.92. The molecule has 0 rings (SSSR count). The van der Waals surface area contributed by atoms with Crippen molar-refractivity contribution < 1.29 is 28.7 Å². The Morgan fingerprint density at radius 2 is 1.34 bits per heavy atom. The molecule has 0 bridgehead atoms. The molecule has 3 atom stereocenters. The normalized spacial score (nSPS) is 14.6. The van der Waals surface area contributed by atoms with Crippen LogP contribution >= 0.6 is 0 Å². The first-order valence-corrected chi connectivity index (χ1v) is 12.3. The smallest absolute Gasteiger partial charge is 0.242 e. The highest BCUT2D eigenvalue weighted by atomic mass is 16.5. The van der Waals surface area contributed by atoms with Crippen molar-refractivity contribution in [3.05, 3.63) is 0 Å². The van der Waals surface area contributed by atoms with Crippen LogP contribution in [0.5, 0.6) is 0 Å². The van der Waals surface area contributed by atoms with Gasteiger partial charge in [-0.2, -0.15) is 0 Å². The highest BCUT2D eigenvalue weighted by Gasteiger charge is 2.32. The first-order chi connectivity index (χ1) is 15.9. The van der Waals surface area contributed by atoms with E-state index in [4.69, 9.17) is 10.5 Å². The van der Waals surface area contributed by atoms with E-state index in [2.05, 4.69) is 22.9 Å². The molecule has 10 heteroatoms. The molecule has 0 saturated carbocycles. The summed E-state index contributed by atoms with van der Waals surface area (Å²) in [5.74, 6) is -2.97. The van der Waals surface area contributed by atoms with E-state index in [1.807, 2.05) is 13.8 Å². The third-order valence-electron chi connectivity index (χ3n) is 5.81. The fraction of sp³-hybridized carbons (Fsp3) is 0.800. The van der Waals surface area contributed by atoms with Crippen LogP contribution in [0.15, 0.2) is 0 Å². The second-order valence-electron chi connectivity index (χ2n) is 10.7. The summed E-state index contributed by atoms with van der Waals surface area (Å²) in [6.45, 7) is 16.4. The van der Waals surface area contributed by atoms with Gasteiger partial charge in [-0.3, -0.25) is 24.0 Å². The minimum Gasteiger partial charge on any atom is -0.376 e. The van der Waals surface area contributed by atoms with E-state index in [-0.39, 0.29) is 23.7 Å². The van der Waals surface area contributed by atoms with Gasteiger partial charge < -0.3 is 26.4 Å². The van der Waals surface area contributed by atoms with E-state index in [0.29, 0.717) is 13.0 Å². The van der Waals surface area contributed by atoms with E-state index in [0.717, 1.165) is 12.8 Å². The average Bonchev–Trinajstić information content (AvgIpc) is 2.71. The number of carbonyl (C=O) groups is 5. The van der Waals surface area contributed by atoms with Crippen molar-refractivity contribution in [2.24, 2.45) is 17.1 Å². The largest absolute Gasteiger partial charge is 0.376 e. The Labute approximate surface area is 209 Å². The maximum Gasteiger partial charge on any atom is 0.242 e. The third-order valence-corrected chi connectivity index (χ3v) is 5.81. The summed E-state index contributed by atoms with van der Waals surface area (Å²) in [6, 6.07) is -2.96. The second kappa shape index (κ2) is 14.2. The lowest BCUT2D eigenvalue weighted by Gasteiger charge is -2.29. The molecule has 10 nitrogen and oxygen atoms in total. The Bertz CT molecular complexity index is 763. The fourth-order valence-corrected chi connectivity index (χ4v) is 3.35. The zero-order chi connectivity index (χ0) is 27.6. The Morgan fingerprint density at radius 3 is 1.83 bits per heavy atom. The summed E-state index contributed by atoms with van der Waals surface area (Å²) in [5.41, 5.74) is 4.16. The quantitative estimate of drug-likeness (QED) is 0.253. The predicted molar refractivity (Wildman–Crippen MR) is 134 cm³/mol. The monoisotopic (exact) mass is 498 g/mol. The van der Waals surface area contributed by atoms with Crippen molar-refractivity contribution in [3.8, 4) is 0 Å². The van der Waals surface area contributed by atoms with Gasteiger partial charge in [0, 0.05) is 17.9 Å².